The first kappa shape index (κ1) is 5.94. The van der Waals surface area contributed by atoms with Gasteiger partial charge in [-0.2, -0.15) is 0 Å². The van der Waals surface area contributed by atoms with Crippen LogP contribution in [-0.2, 0) is 4.74 Å². The Hall–Kier alpha value is -1.06. The molecule has 0 bridgehead atoms. The van der Waals surface area contributed by atoms with Gasteiger partial charge < -0.3 is 10.5 Å². The monoisotopic (exact) mass is 102 g/mol. The number of amidine groups is 1. The molecule has 4 nitrogen and oxygen atoms in total. The summed E-state index contributed by atoms with van der Waals surface area (Å²) in [7, 11) is 1.43. The maximum absolute atomic E-state index is 5.01. The van der Waals surface area contributed by atoms with Crippen LogP contribution >= 0.6 is 0 Å². The number of hydrazone groups is 1. The Morgan fingerprint density at radius 1 is 2.00 bits per heavy atom. The van der Waals surface area contributed by atoms with E-state index in [2.05, 4.69) is 21.7 Å². The minimum atomic E-state index is 0.0787. The molecule has 0 spiro atoms. The van der Waals surface area contributed by atoms with Crippen molar-refractivity contribution in [3.05, 3.63) is 0 Å². The largest absolute Gasteiger partial charge is 0.465 e. The van der Waals surface area contributed by atoms with Crippen LogP contribution in [0.15, 0.2) is 5.10 Å². The Balaban J connectivity index is 3.49. The highest BCUT2D eigenvalue weighted by Gasteiger charge is 1.83. The maximum atomic E-state index is 5.01. The van der Waals surface area contributed by atoms with Crippen molar-refractivity contribution in [3.8, 4) is 0 Å². The van der Waals surface area contributed by atoms with E-state index in [1.54, 1.807) is 0 Å². The van der Waals surface area contributed by atoms with Gasteiger partial charge in [-0.3, -0.25) is 0 Å². The van der Waals surface area contributed by atoms with Crippen molar-refractivity contribution in [2.75, 3.05) is 7.11 Å². The normalized spacial score (nSPS) is 10.7. The molecule has 3 N–H and O–H groups in total. The third-order valence-corrected chi connectivity index (χ3v) is 0.398. The van der Waals surface area contributed by atoms with Gasteiger partial charge in [0, 0.05) is 0 Å². The van der Waals surface area contributed by atoms with Crippen LogP contribution in [0.2, 0.25) is 0 Å². The lowest BCUT2D eigenvalue weighted by Crippen LogP contribution is -2.59. The molecule has 0 saturated carbocycles. The molecule has 0 aromatic heterocycles. The number of hydrogen-bond donors (Lipinski definition) is 2. The topological polar surface area (TPSA) is 61.6 Å². The van der Waals surface area contributed by atoms with Gasteiger partial charge >= 0.3 is 6.02 Å². The predicted molar refractivity (Wildman–Crippen MR) is 26.7 cm³/mol. The predicted octanol–water partition coefficient (Wildman–Crippen LogP) is -2.36. The number of rotatable bonds is 1. The fraction of sp³-hybridized carbons (Fsp3) is 0.333. The number of nitrogens with two attached hydrogens (primary N) is 1. The van der Waals surface area contributed by atoms with Crippen molar-refractivity contribution in [1.29, 1.82) is 0 Å². The third kappa shape index (κ3) is 2.75. The van der Waals surface area contributed by atoms with Crippen molar-refractivity contribution in [1.82, 2.24) is 0 Å². The lowest BCUT2D eigenvalue weighted by molar-refractivity contribution is -0.453. The van der Waals surface area contributed by atoms with Crippen LogP contribution in [0.5, 0.6) is 0 Å². The first-order valence-electron chi connectivity index (χ1n) is 1.70. The van der Waals surface area contributed by atoms with E-state index in [1.807, 2.05) is 0 Å². The molecule has 0 aromatic carbocycles. The molecule has 0 aromatic rings. The summed E-state index contributed by atoms with van der Waals surface area (Å²) in [4.78, 5) is 0. The average Bonchev–Trinajstić information content (AvgIpc) is 1.68. The smallest absolute Gasteiger partial charge is 0.349 e. The van der Waals surface area contributed by atoms with E-state index >= 15 is 0 Å². The summed E-state index contributed by atoms with van der Waals surface area (Å²) < 4.78 is 4.42. The number of ether oxygens (including phenoxy) is 1. The molecule has 0 heterocycles. The molecule has 4 heteroatoms. The molecule has 0 aliphatic carbocycles. The minimum absolute atomic E-state index is 0.0787. The highest BCUT2D eigenvalue weighted by Crippen LogP contribution is 1.55. The van der Waals surface area contributed by atoms with Gasteiger partial charge in [-0.15, -0.1) is 5.10 Å². The van der Waals surface area contributed by atoms with Crippen LogP contribution in [0.1, 0.15) is 0 Å². The summed E-state index contributed by atoms with van der Waals surface area (Å²) in [5.41, 5.74) is 5.01. The molecule has 0 atom stereocenters. The van der Waals surface area contributed by atoms with Crippen LogP contribution in [-0.4, -0.2) is 19.8 Å². The van der Waals surface area contributed by atoms with E-state index in [0.717, 1.165) is 0 Å². The Labute approximate surface area is 41.7 Å². The highest BCUT2D eigenvalue weighted by atomic mass is 16.5. The molecule has 0 aliphatic heterocycles. The van der Waals surface area contributed by atoms with E-state index in [1.165, 1.54) is 7.11 Å². The molecular weight excluding hydrogens is 94.1 g/mol. The second-order valence-corrected chi connectivity index (χ2v) is 0.812. The summed E-state index contributed by atoms with van der Waals surface area (Å²) in [6.45, 7) is 3.18. The quantitative estimate of drug-likeness (QED) is 0.221. The van der Waals surface area contributed by atoms with E-state index in [9.17, 15) is 0 Å². The fourth-order valence-electron chi connectivity index (χ4n) is 0.124. The van der Waals surface area contributed by atoms with Gasteiger partial charge in [0.1, 0.15) is 0 Å². The van der Waals surface area contributed by atoms with Crippen molar-refractivity contribution in [2.45, 2.75) is 0 Å². The second kappa shape index (κ2) is 3.14. The molecule has 7 heavy (non-hydrogen) atoms. The standard InChI is InChI=1S/C3H7N3O/c1-5-6-3(4)7-2/h1H2,2H3,(H2,4,6)/p+1. The van der Waals surface area contributed by atoms with Gasteiger partial charge in [0.15, 0.2) is 6.72 Å². The molecular formula is C3H8N3O+. The SMILES string of the molecule is C=[NH+]N=C(N)OC. The van der Waals surface area contributed by atoms with Crippen molar-refractivity contribution >= 4 is 12.7 Å². The van der Waals surface area contributed by atoms with Gasteiger partial charge in [0.25, 0.3) is 0 Å². The zero-order chi connectivity index (χ0) is 5.70. The molecule has 0 amide bonds. The van der Waals surface area contributed by atoms with E-state index in [-0.39, 0.29) is 6.02 Å². The zero-order valence-corrected chi connectivity index (χ0v) is 4.14. The summed E-state index contributed by atoms with van der Waals surface area (Å²) in [6, 6.07) is 0.0787. The van der Waals surface area contributed by atoms with Crippen LogP contribution in [0, 0.1) is 0 Å². The Bertz CT molecular complexity index is 88.2. The molecule has 0 radical (unpaired) electrons. The first-order valence-corrected chi connectivity index (χ1v) is 1.70. The lowest BCUT2D eigenvalue weighted by atomic mass is 11.2. The Morgan fingerprint density at radius 3 is 2.71 bits per heavy atom. The Kier molecular flexibility index (Phi) is 2.67. The van der Waals surface area contributed by atoms with Gasteiger partial charge in [-0.25, -0.2) is 0 Å². The zero-order valence-electron chi connectivity index (χ0n) is 4.14. The molecule has 0 saturated heterocycles. The van der Waals surface area contributed by atoms with Gasteiger partial charge in [0.2, 0.25) is 0 Å². The number of nitrogens with one attached hydrogen (secondary N) is 1. The summed E-state index contributed by atoms with van der Waals surface area (Å²) in [6.07, 6.45) is 0. The number of methoxy groups -OCH3 is 1. The maximum Gasteiger partial charge on any atom is 0.349 e. The van der Waals surface area contributed by atoms with Crippen LogP contribution in [0.4, 0.5) is 0 Å². The summed E-state index contributed by atoms with van der Waals surface area (Å²) in [5.74, 6) is 0. The lowest BCUT2D eigenvalue weighted by Gasteiger charge is -1.86. The molecule has 0 unspecified atom stereocenters. The van der Waals surface area contributed by atoms with Gasteiger partial charge in [0.05, 0.1) is 12.2 Å². The molecule has 0 rings (SSSR count). The van der Waals surface area contributed by atoms with Crippen LogP contribution in [0.3, 0.4) is 0 Å². The van der Waals surface area contributed by atoms with E-state index in [4.69, 9.17) is 5.73 Å². The third-order valence-electron chi connectivity index (χ3n) is 0.398. The Morgan fingerprint density at radius 2 is 2.57 bits per heavy atom. The summed E-state index contributed by atoms with van der Waals surface area (Å²) >= 11 is 0. The molecule has 0 fully saturated rings. The van der Waals surface area contributed by atoms with E-state index < -0.39 is 0 Å². The molecule has 0 aliphatic rings. The van der Waals surface area contributed by atoms with Crippen LogP contribution < -0.4 is 10.8 Å². The highest BCUT2D eigenvalue weighted by molar-refractivity contribution is 5.70. The fourth-order valence-corrected chi connectivity index (χ4v) is 0.124. The van der Waals surface area contributed by atoms with Crippen molar-refractivity contribution < 1.29 is 9.84 Å². The minimum Gasteiger partial charge on any atom is -0.465 e. The summed E-state index contributed by atoms with van der Waals surface area (Å²) in [5, 5.41) is 5.56. The average molecular weight is 102 g/mol. The van der Waals surface area contributed by atoms with E-state index in [0.29, 0.717) is 0 Å². The number of nitrogens with zero attached hydrogens (tertiary/aromatic N) is 1. The van der Waals surface area contributed by atoms with Crippen molar-refractivity contribution in [3.63, 3.8) is 0 Å². The molecule has 40 valence electrons. The van der Waals surface area contributed by atoms with Gasteiger partial charge in [-0.1, -0.05) is 0 Å². The first-order chi connectivity index (χ1) is 3.31. The van der Waals surface area contributed by atoms with Crippen molar-refractivity contribution in [2.24, 2.45) is 10.8 Å². The second-order valence-electron chi connectivity index (χ2n) is 0.812. The van der Waals surface area contributed by atoms with Gasteiger partial charge in [-0.05, 0) is 0 Å². The van der Waals surface area contributed by atoms with Crippen LogP contribution in [0.25, 0.3) is 0 Å². The number of hydrogen-bond acceptors (Lipinski definition) is 2.